The normalized spacial score (nSPS) is 13.3. The molecule has 0 bridgehead atoms. The number of fused-ring (bicyclic) bond motifs is 1. The van der Waals surface area contributed by atoms with Gasteiger partial charge in [0.15, 0.2) is 17.4 Å². The molecule has 0 radical (unpaired) electrons. The zero-order valence-corrected chi connectivity index (χ0v) is 17.2. The van der Waals surface area contributed by atoms with Crippen molar-refractivity contribution in [1.29, 1.82) is 0 Å². The van der Waals surface area contributed by atoms with Gasteiger partial charge in [0.25, 0.3) is 0 Å². The van der Waals surface area contributed by atoms with Gasteiger partial charge in [0.2, 0.25) is 0 Å². The first-order valence-electron chi connectivity index (χ1n) is 10.4. The first-order valence-corrected chi connectivity index (χ1v) is 10.4. The molecule has 0 fully saturated rings. The van der Waals surface area contributed by atoms with E-state index in [1.165, 1.54) is 30.3 Å². The first kappa shape index (κ1) is 21.0. The van der Waals surface area contributed by atoms with Crippen LogP contribution in [-0.2, 0) is 6.42 Å². The van der Waals surface area contributed by atoms with E-state index in [0.717, 1.165) is 23.1 Å². The number of rotatable bonds is 6. The molecule has 160 valence electrons. The topological polar surface area (TPSA) is 29.5 Å². The highest BCUT2D eigenvalue weighted by molar-refractivity contribution is 6.01. The molecule has 0 aliphatic heterocycles. The Balaban J connectivity index is 1.90. The molecule has 0 spiro atoms. The van der Waals surface area contributed by atoms with Gasteiger partial charge in [-0.25, -0.2) is 13.2 Å². The minimum absolute atomic E-state index is 0.0979. The van der Waals surface area contributed by atoms with Gasteiger partial charge >= 0.3 is 0 Å². The number of hydrogen-bond donors (Lipinski definition) is 1. The Morgan fingerprint density at radius 2 is 1.58 bits per heavy atom. The van der Waals surface area contributed by atoms with Crippen LogP contribution in [0.25, 0.3) is 11.1 Å². The minimum Gasteiger partial charge on any atom is -0.508 e. The summed E-state index contributed by atoms with van der Waals surface area (Å²) < 4.78 is 49.1. The van der Waals surface area contributed by atoms with Crippen molar-refractivity contribution in [3.8, 4) is 11.5 Å². The van der Waals surface area contributed by atoms with E-state index in [-0.39, 0.29) is 23.9 Å². The molecule has 3 aromatic rings. The summed E-state index contributed by atoms with van der Waals surface area (Å²) in [6.45, 7) is 2.24. The SMILES string of the molecule is CCCCOc1c(F)cc2c(c1F)CCC(c1ccc(F)cc1)=C2c1ccc(O)cc1. The molecule has 0 heterocycles. The smallest absolute Gasteiger partial charge is 0.191 e. The third kappa shape index (κ3) is 4.18. The number of phenols is 1. The maximum Gasteiger partial charge on any atom is 0.191 e. The van der Waals surface area contributed by atoms with Crippen LogP contribution in [0.15, 0.2) is 54.6 Å². The molecule has 4 rings (SSSR count). The van der Waals surface area contributed by atoms with Crippen molar-refractivity contribution in [2.75, 3.05) is 6.61 Å². The van der Waals surface area contributed by atoms with E-state index < -0.39 is 11.6 Å². The average molecular weight is 424 g/mol. The number of unbranched alkanes of at least 4 members (excludes halogenated alkanes) is 1. The van der Waals surface area contributed by atoms with Crippen molar-refractivity contribution in [2.45, 2.75) is 32.6 Å². The van der Waals surface area contributed by atoms with Crippen LogP contribution in [0.2, 0.25) is 0 Å². The van der Waals surface area contributed by atoms with Crippen LogP contribution in [0, 0.1) is 17.5 Å². The maximum atomic E-state index is 15.3. The fraction of sp³-hybridized carbons (Fsp3) is 0.231. The van der Waals surface area contributed by atoms with Crippen LogP contribution in [0.5, 0.6) is 11.5 Å². The third-order valence-electron chi connectivity index (χ3n) is 5.57. The number of phenolic OH excluding ortho intramolecular Hbond substituents is 1. The van der Waals surface area contributed by atoms with Crippen molar-refractivity contribution < 1.29 is 23.0 Å². The summed E-state index contributed by atoms with van der Waals surface area (Å²) in [6.07, 6.45) is 2.46. The molecule has 1 aliphatic carbocycles. The molecule has 2 nitrogen and oxygen atoms in total. The molecule has 5 heteroatoms. The summed E-state index contributed by atoms with van der Waals surface area (Å²) in [5.74, 6) is -1.99. The molecule has 0 unspecified atom stereocenters. The highest BCUT2D eigenvalue weighted by Gasteiger charge is 2.28. The molecule has 0 amide bonds. The maximum absolute atomic E-state index is 15.3. The van der Waals surface area contributed by atoms with Gasteiger partial charge in [0.05, 0.1) is 6.61 Å². The highest BCUT2D eigenvalue weighted by atomic mass is 19.1. The molecule has 3 aromatic carbocycles. The van der Waals surface area contributed by atoms with E-state index in [1.807, 2.05) is 6.92 Å². The molecular formula is C26H23F3O2. The Hall–Kier alpha value is -3.21. The van der Waals surface area contributed by atoms with E-state index in [2.05, 4.69) is 0 Å². The number of allylic oxidation sites excluding steroid dienone is 1. The number of aromatic hydroxyl groups is 1. The molecule has 1 N–H and O–H groups in total. The van der Waals surface area contributed by atoms with Crippen molar-refractivity contribution in [3.05, 3.63) is 94.3 Å². The van der Waals surface area contributed by atoms with Crippen LogP contribution in [0.3, 0.4) is 0 Å². The van der Waals surface area contributed by atoms with Gasteiger partial charge in [-0.15, -0.1) is 0 Å². The summed E-state index contributed by atoms with van der Waals surface area (Å²) in [5, 5.41) is 9.70. The summed E-state index contributed by atoms with van der Waals surface area (Å²) in [5.41, 5.74) is 3.91. The Morgan fingerprint density at radius 1 is 0.903 bits per heavy atom. The van der Waals surface area contributed by atoms with Gasteiger partial charge in [0.1, 0.15) is 11.6 Å². The number of ether oxygens (including phenoxy) is 1. The monoisotopic (exact) mass is 424 g/mol. The summed E-state index contributed by atoms with van der Waals surface area (Å²) in [7, 11) is 0. The quantitative estimate of drug-likeness (QED) is 0.437. The predicted octanol–water partition coefficient (Wildman–Crippen LogP) is 6.89. The summed E-state index contributed by atoms with van der Waals surface area (Å²) >= 11 is 0. The van der Waals surface area contributed by atoms with Crippen LogP contribution in [-0.4, -0.2) is 11.7 Å². The lowest BCUT2D eigenvalue weighted by Crippen LogP contribution is -2.12. The second-order valence-electron chi connectivity index (χ2n) is 7.64. The van der Waals surface area contributed by atoms with Crippen molar-refractivity contribution >= 4 is 11.1 Å². The Kier molecular flexibility index (Phi) is 6.03. The van der Waals surface area contributed by atoms with Gasteiger partial charge in [0, 0.05) is 5.56 Å². The summed E-state index contributed by atoms with van der Waals surface area (Å²) in [4.78, 5) is 0. The lowest BCUT2D eigenvalue weighted by Gasteiger charge is -2.26. The van der Waals surface area contributed by atoms with Gasteiger partial charge in [-0.3, -0.25) is 0 Å². The van der Waals surface area contributed by atoms with E-state index in [9.17, 15) is 13.9 Å². The fourth-order valence-corrected chi connectivity index (χ4v) is 3.99. The van der Waals surface area contributed by atoms with Crippen LogP contribution in [0.4, 0.5) is 13.2 Å². The largest absolute Gasteiger partial charge is 0.508 e. The van der Waals surface area contributed by atoms with Gasteiger partial charge in [-0.2, -0.15) is 0 Å². The number of hydrogen-bond acceptors (Lipinski definition) is 2. The Bertz CT molecular complexity index is 1120. The lowest BCUT2D eigenvalue weighted by atomic mass is 9.79. The van der Waals surface area contributed by atoms with Crippen LogP contribution in [0.1, 0.15) is 48.4 Å². The number of halogens is 3. The van der Waals surface area contributed by atoms with Crippen molar-refractivity contribution in [2.24, 2.45) is 0 Å². The standard InChI is InChI=1S/C26H23F3O2/c1-2-3-14-31-26-23(28)15-22-21(25(26)29)13-12-20(16-4-8-18(27)9-5-16)24(22)17-6-10-19(30)11-7-17/h4-11,15,30H,2-3,12-14H2,1H3. The molecule has 0 atom stereocenters. The second kappa shape index (κ2) is 8.88. The molecule has 1 aliphatic rings. The van der Waals surface area contributed by atoms with Crippen LogP contribution >= 0.6 is 0 Å². The Labute approximate surface area is 179 Å². The van der Waals surface area contributed by atoms with Crippen molar-refractivity contribution in [3.63, 3.8) is 0 Å². The predicted molar refractivity (Wildman–Crippen MR) is 116 cm³/mol. The van der Waals surface area contributed by atoms with Gasteiger partial charge in [-0.1, -0.05) is 37.6 Å². The first-order chi connectivity index (χ1) is 15.0. The zero-order valence-electron chi connectivity index (χ0n) is 17.2. The second-order valence-corrected chi connectivity index (χ2v) is 7.64. The van der Waals surface area contributed by atoms with Crippen molar-refractivity contribution in [1.82, 2.24) is 0 Å². The molecular weight excluding hydrogens is 401 g/mol. The van der Waals surface area contributed by atoms with Gasteiger partial charge in [-0.05, 0) is 77.4 Å². The molecule has 31 heavy (non-hydrogen) atoms. The molecule has 0 saturated carbocycles. The van der Waals surface area contributed by atoms with Gasteiger partial charge < -0.3 is 9.84 Å². The average Bonchev–Trinajstić information content (AvgIpc) is 2.77. The van der Waals surface area contributed by atoms with E-state index >= 15 is 4.39 Å². The van der Waals surface area contributed by atoms with E-state index in [4.69, 9.17) is 4.74 Å². The van der Waals surface area contributed by atoms with E-state index in [1.54, 1.807) is 24.3 Å². The molecule has 0 saturated heterocycles. The van der Waals surface area contributed by atoms with E-state index in [0.29, 0.717) is 36.0 Å². The third-order valence-corrected chi connectivity index (χ3v) is 5.57. The zero-order chi connectivity index (χ0) is 22.0. The van der Waals surface area contributed by atoms with Crippen LogP contribution < -0.4 is 4.74 Å². The lowest BCUT2D eigenvalue weighted by molar-refractivity contribution is 0.277. The highest BCUT2D eigenvalue weighted by Crippen LogP contribution is 2.44. The number of benzene rings is 3. The fourth-order valence-electron chi connectivity index (χ4n) is 3.99. The molecule has 0 aromatic heterocycles. The minimum atomic E-state index is -0.746. The Morgan fingerprint density at radius 3 is 2.26 bits per heavy atom. The summed E-state index contributed by atoms with van der Waals surface area (Å²) in [6, 6.07) is 13.9.